The molecule has 1 aromatic rings. The zero-order chi connectivity index (χ0) is 14.0. The third kappa shape index (κ3) is 2.50. The predicted octanol–water partition coefficient (Wildman–Crippen LogP) is 1.24. The summed E-state index contributed by atoms with van der Waals surface area (Å²) in [7, 11) is 0. The molecule has 1 fully saturated rings. The Kier molecular flexibility index (Phi) is 3.39. The number of nitro groups is 1. The number of aromatic hydroxyl groups is 1. The number of nitrogens with zero attached hydrogens (tertiary/aromatic N) is 1. The van der Waals surface area contributed by atoms with Crippen LogP contribution in [-0.4, -0.2) is 29.0 Å². The van der Waals surface area contributed by atoms with Crippen LogP contribution in [0.2, 0.25) is 0 Å². The molecule has 1 saturated heterocycles. The summed E-state index contributed by atoms with van der Waals surface area (Å²) in [6.07, 6.45) is 0.653. The van der Waals surface area contributed by atoms with Gasteiger partial charge in [-0.05, 0) is 26.0 Å². The lowest BCUT2D eigenvalue weighted by atomic mass is 9.88. The van der Waals surface area contributed by atoms with Crippen molar-refractivity contribution < 1.29 is 14.8 Å². The van der Waals surface area contributed by atoms with Gasteiger partial charge < -0.3 is 15.7 Å². The first-order chi connectivity index (χ1) is 8.94. The maximum atomic E-state index is 12.2. The van der Waals surface area contributed by atoms with E-state index in [9.17, 15) is 20.0 Å². The van der Waals surface area contributed by atoms with E-state index in [1.54, 1.807) is 6.92 Å². The van der Waals surface area contributed by atoms with Crippen molar-refractivity contribution in [2.75, 3.05) is 18.4 Å². The first-order valence-corrected chi connectivity index (χ1v) is 5.92. The van der Waals surface area contributed by atoms with Gasteiger partial charge in [-0.1, -0.05) is 6.07 Å². The van der Waals surface area contributed by atoms with Crippen LogP contribution in [0.3, 0.4) is 0 Å². The van der Waals surface area contributed by atoms with E-state index < -0.39 is 10.3 Å². The molecule has 7 heteroatoms. The Morgan fingerprint density at radius 1 is 1.58 bits per heavy atom. The third-order valence-electron chi connectivity index (χ3n) is 3.37. The lowest BCUT2D eigenvalue weighted by Crippen LogP contribution is -2.35. The number of nitrogens with one attached hydrogen (secondary N) is 2. The Labute approximate surface area is 109 Å². The van der Waals surface area contributed by atoms with Gasteiger partial charge in [-0.25, -0.2) is 0 Å². The first-order valence-electron chi connectivity index (χ1n) is 5.92. The van der Waals surface area contributed by atoms with Gasteiger partial charge in [0.1, 0.15) is 5.75 Å². The van der Waals surface area contributed by atoms with Crippen molar-refractivity contribution in [2.45, 2.75) is 13.3 Å². The molecular weight excluding hydrogens is 250 g/mol. The molecule has 1 unspecified atom stereocenters. The molecule has 0 radical (unpaired) electrons. The highest BCUT2D eigenvalue weighted by molar-refractivity contribution is 5.98. The maximum absolute atomic E-state index is 12.2. The number of hydrogen-bond donors (Lipinski definition) is 3. The summed E-state index contributed by atoms with van der Waals surface area (Å²) in [4.78, 5) is 22.4. The zero-order valence-corrected chi connectivity index (χ0v) is 10.5. The fourth-order valence-electron chi connectivity index (χ4n) is 2.08. The molecule has 0 aliphatic carbocycles. The molecule has 1 amide bonds. The topological polar surface area (TPSA) is 104 Å². The second-order valence-electron chi connectivity index (χ2n) is 4.87. The Morgan fingerprint density at radius 3 is 2.89 bits per heavy atom. The van der Waals surface area contributed by atoms with Gasteiger partial charge in [-0.3, -0.25) is 14.9 Å². The number of hydrogen-bond acceptors (Lipinski definition) is 5. The van der Waals surface area contributed by atoms with Crippen LogP contribution in [0, 0.1) is 15.5 Å². The number of amides is 1. The van der Waals surface area contributed by atoms with Crippen LogP contribution >= 0.6 is 0 Å². The molecular formula is C12H15N3O4. The SMILES string of the molecule is CC1(C(=O)Nc2c(O)cccc2[N+](=O)[O-])CCNC1. The van der Waals surface area contributed by atoms with Crippen molar-refractivity contribution in [3.05, 3.63) is 28.3 Å². The largest absolute Gasteiger partial charge is 0.505 e. The fraction of sp³-hybridized carbons (Fsp3) is 0.417. The van der Waals surface area contributed by atoms with Gasteiger partial charge in [-0.15, -0.1) is 0 Å². The normalized spacial score (nSPS) is 22.2. The molecule has 0 saturated carbocycles. The first kappa shape index (κ1) is 13.3. The van der Waals surface area contributed by atoms with Crippen molar-refractivity contribution >= 4 is 17.3 Å². The molecule has 0 bridgehead atoms. The highest BCUT2D eigenvalue weighted by Gasteiger charge is 2.37. The molecule has 1 aliphatic heterocycles. The van der Waals surface area contributed by atoms with Crippen LogP contribution in [0.15, 0.2) is 18.2 Å². The number of benzene rings is 1. The van der Waals surface area contributed by atoms with Crippen LogP contribution in [-0.2, 0) is 4.79 Å². The second-order valence-corrected chi connectivity index (χ2v) is 4.87. The number of carbonyl (C=O) groups excluding carboxylic acids is 1. The van der Waals surface area contributed by atoms with Gasteiger partial charge in [0.25, 0.3) is 5.69 Å². The molecule has 0 aromatic heterocycles. The van der Waals surface area contributed by atoms with E-state index in [1.165, 1.54) is 18.2 Å². The summed E-state index contributed by atoms with van der Waals surface area (Å²) in [5.41, 5.74) is -1.08. The van der Waals surface area contributed by atoms with E-state index in [-0.39, 0.29) is 23.0 Å². The highest BCUT2D eigenvalue weighted by Crippen LogP contribution is 2.35. The predicted molar refractivity (Wildman–Crippen MR) is 69.0 cm³/mol. The van der Waals surface area contributed by atoms with E-state index >= 15 is 0 Å². The smallest absolute Gasteiger partial charge is 0.296 e. The zero-order valence-electron chi connectivity index (χ0n) is 10.5. The Hall–Kier alpha value is -2.15. The molecule has 3 N–H and O–H groups in total. The van der Waals surface area contributed by atoms with Crippen molar-refractivity contribution in [1.29, 1.82) is 0 Å². The van der Waals surface area contributed by atoms with Crippen LogP contribution in [0.4, 0.5) is 11.4 Å². The fourth-order valence-corrected chi connectivity index (χ4v) is 2.08. The minimum Gasteiger partial charge on any atom is -0.505 e. The standard InChI is InChI=1S/C12H15N3O4/c1-12(5-6-13-7-12)11(17)14-10-8(15(18)19)3-2-4-9(10)16/h2-4,13,16H,5-7H2,1H3,(H,14,17). The van der Waals surface area contributed by atoms with Gasteiger partial charge in [-0.2, -0.15) is 0 Å². The van der Waals surface area contributed by atoms with Crippen LogP contribution in [0.5, 0.6) is 5.75 Å². The highest BCUT2D eigenvalue weighted by atomic mass is 16.6. The minimum atomic E-state index is -0.634. The van der Waals surface area contributed by atoms with Crippen LogP contribution in [0.25, 0.3) is 0 Å². The molecule has 0 spiro atoms. The molecule has 102 valence electrons. The molecule has 1 heterocycles. The molecule has 2 rings (SSSR count). The average molecular weight is 265 g/mol. The summed E-state index contributed by atoms with van der Waals surface area (Å²) in [5.74, 6) is -0.640. The summed E-state index contributed by atoms with van der Waals surface area (Å²) in [5, 5.41) is 26.1. The van der Waals surface area contributed by atoms with Gasteiger partial charge in [0, 0.05) is 12.6 Å². The number of rotatable bonds is 3. The van der Waals surface area contributed by atoms with E-state index in [4.69, 9.17) is 0 Å². The summed E-state index contributed by atoms with van der Waals surface area (Å²) >= 11 is 0. The van der Waals surface area contributed by atoms with E-state index in [2.05, 4.69) is 10.6 Å². The lowest BCUT2D eigenvalue weighted by Gasteiger charge is -2.21. The third-order valence-corrected chi connectivity index (χ3v) is 3.37. The van der Waals surface area contributed by atoms with Crippen molar-refractivity contribution in [3.63, 3.8) is 0 Å². The Morgan fingerprint density at radius 2 is 2.32 bits per heavy atom. The maximum Gasteiger partial charge on any atom is 0.296 e. The number of anilines is 1. The molecule has 19 heavy (non-hydrogen) atoms. The summed E-state index contributed by atoms with van der Waals surface area (Å²) < 4.78 is 0. The molecule has 7 nitrogen and oxygen atoms in total. The minimum absolute atomic E-state index is 0.148. The van der Waals surface area contributed by atoms with Crippen molar-refractivity contribution in [2.24, 2.45) is 5.41 Å². The Bertz CT molecular complexity index is 524. The van der Waals surface area contributed by atoms with Gasteiger partial charge >= 0.3 is 0 Å². The lowest BCUT2D eigenvalue weighted by molar-refractivity contribution is -0.384. The van der Waals surface area contributed by atoms with E-state index in [0.717, 1.165) is 6.54 Å². The Balaban J connectivity index is 2.28. The number of carbonyl (C=O) groups is 1. The summed E-state index contributed by atoms with van der Waals surface area (Å²) in [6, 6.07) is 3.91. The average Bonchev–Trinajstić information content (AvgIpc) is 2.79. The van der Waals surface area contributed by atoms with E-state index in [0.29, 0.717) is 13.0 Å². The number of phenols is 1. The van der Waals surface area contributed by atoms with Crippen molar-refractivity contribution in [1.82, 2.24) is 5.32 Å². The molecule has 1 aliphatic rings. The molecule has 1 aromatic carbocycles. The van der Waals surface area contributed by atoms with Gasteiger partial charge in [0.2, 0.25) is 5.91 Å². The van der Waals surface area contributed by atoms with Crippen LogP contribution < -0.4 is 10.6 Å². The summed E-state index contributed by atoms with van der Waals surface area (Å²) in [6.45, 7) is 3.03. The van der Waals surface area contributed by atoms with E-state index in [1.807, 2.05) is 0 Å². The number of nitro benzene ring substituents is 1. The number of para-hydroxylation sites is 1. The quantitative estimate of drug-likeness (QED) is 0.433. The molecule has 1 atom stereocenters. The van der Waals surface area contributed by atoms with Crippen LogP contribution in [0.1, 0.15) is 13.3 Å². The van der Waals surface area contributed by atoms with Crippen molar-refractivity contribution in [3.8, 4) is 5.75 Å². The van der Waals surface area contributed by atoms with Gasteiger partial charge in [0.05, 0.1) is 10.3 Å². The number of phenolic OH excluding ortho intramolecular Hbond substituents is 1. The van der Waals surface area contributed by atoms with Gasteiger partial charge in [0.15, 0.2) is 5.69 Å². The monoisotopic (exact) mass is 265 g/mol. The second kappa shape index (κ2) is 4.85.